The van der Waals surface area contributed by atoms with Gasteiger partial charge in [0, 0.05) is 18.1 Å². The molecule has 24 heavy (non-hydrogen) atoms. The largest absolute Gasteiger partial charge is 0.497 e. The van der Waals surface area contributed by atoms with Crippen LogP contribution in [0.1, 0.15) is 5.56 Å². The minimum Gasteiger partial charge on any atom is -0.497 e. The summed E-state index contributed by atoms with van der Waals surface area (Å²) in [6, 6.07) is 8.26. The molecule has 5 nitrogen and oxygen atoms in total. The summed E-state index contributed by atoms with van der Waals surface area (Å²) in [6.45, 7) is 0.920. The maximum Gasteiger partial charge on any atom is 0.216 e. The standard InChI is InChI=1S/C17H20N2O3S2/c1-19(2)9-8-12-11-18-17-15(12)10-16(23-17)24(20,21)14-6-4-13(22-3)5-7-14/h4-7,10-11,18H,8-9H2,1-3H3. The number of nitrogens with one attached hydrogen (secondary N) is 1. The number of aromatic nitrogens is 1. The number of hydrogen-bond acceptors (Lipinski definition) is 5. The molecule has 0 bridgehead atoms. The minimum atomic E-state index is -3.51. The fourth-order valence-electron chi connectivity index (χ4n) is 2.50. The number of nitrogens with zero attached hydrogens (tertiary/aromatic N) is 1. The maximum atomic E-state index is 12.8. The van der Waals surface area contributed by atoms with Crippen molar-refractivity contribution in [3.05, 3.63) is 42.1 Å². The van der Waals surface area contributed by atoms with Gasteiger partial charge in [0.05, 0.1) is 12.0 Å². The Morgan fingerprint density at radius 3 is 2.54 bits per heavy atom. The van der Waals surface area contributed by atoms with Crippen molar-refractivity contribution in [3.63, 3.8) is 0 Å². The van der Waals surface area contributed by atoms with E-state index >= 15 is 0 Å². The molecular formula is C17H20N2O3S2. The van der Waals surface area contributed by atoms with E-state index in [0.29, 0.717) is 9.96 Å². The highest BCUT2D eigenvalue weighted by atomic mass is 32.2. The number of sulfone groups is 1. The van der Waals surface area contributed by atoms with Crippen molar-refractivity contribution in [2.75, 3.05) is 27.7 Å². The summed E-state index contributed by atoms with van der Waals surface area (Å²) in [5, 5.41) is 0.994. The average Bonchev–Trinajstić information content (AvgIpc) is 3.14. The first-order chi connectivity index (χ1) is 11.4. The predicted octanol–water partition coefficient (Wildman–Crippen LogP) is 3.17. The van der Waals surface area contributed by atoms with Gasteiger partial charge in [-0.2, -0.15) is 0 Å². The van der Waals surface area contributed by atoms with Gasteiger partial charge in [-0.15, -0.1) is 11.3 Å². The van der Waals surface area contributed by atoms with Crippen LogP contribution in [0, 0.1) is 0 Å². The van der Waals surface area contributed by atoms with E-state index in [2.05, 4.69) is 9.88 Å². The summed E-state index contributed by atoms with van der Waals surface area (Å²) in [7, 11) is 2.09. The molecule has 0 radical (unpaired) electrons. The Labute approximate surface area is 145 Å². The second kappa shape index (κ2) is 6.58. The molecule has 0 atom stereocenters. The Kier molecular flexibility index (Phi) is 4.67. The molecular weight excluding hydrogens is 344 g/mol. The van der Waals surface area contributed by atoms with E-state index in [-0.39, 0.29) is 4.90 Å². The summed E-state index contributed by atoms with van der Waals surface area (Å²) in [5.74, 6) is 0.637. The van der Waals surface area contributed by atoms with Crippen molar-refractivity contribution in [1.82, 2.24) is 9.88 Å². The number of benzene rings is 1. The number of hydrogen-bond donors (Lipinski definition) is 1. The Balaban J connectivity index is 1.95. The van der Waals surface area contributed by atoms with Crippen LogP contribution in [-0.4, -0.2) is 46.1 Å². The number of rotatable bonds is 6. The average molecular weight is 364 g/mol. The van der Waals surface area contributed by atoms with Crippen LogP contribution < -0.4 is 4.74 Å². The Morgan fingerprint density at radius 2 is 1.92 bits per heavy atom. The van der Waals surface area contributed by atoms with Crippen LogP contribution in [0.2, 0.25) is 0 Å². The summed E-state index contributed by atoms with van der Waals surface area (Å²) in [5.41, 5.74) is 1.14. The van der Waals surface area contributed by atoms with Gasteiger partial charge in [0.15, 0.2) is 0 Å². The van der Waals surface area contributed by atoms with E-state index in [4.69, 9.17) is 4.74 Å². The van der Waals surface area contributed by atoms with Gasteiger partial charge in [-0.3, -0.25) is 0 Å². The molecule has 0 aliphatic rings. The molecule has 0 fully saturated rings. The first-order valence-corrected chi connectivity index (χ1v) is 9.85. The number of likely N-dealkylation sites (N-methyl/N-ethyl adjacent to an activating group) is 1. The van der Waals surface area contributed by atoms with Crippen molar-refractivity contribution >= 4 is 31.4 Å². The van der Waals surface area contributed by atoms with E-state index in [9.17, 15) is 8.42 Å². The number of methoxy groups -OCH3 is 1. The number of aromatic amines is 1. The molecule has 0 saturated carbocycles. The van der Waals surface area contributed by atoms with Gasteiger partial charge in [0.25, 0.3) is 0 Å². The fraction of sp³-hybridized carbons (Fsp3) is 0.294. The highest BCUT2D eigenvalue weighted by Crippen LogP contribution is 2.34. The first kappa shape index (κ1) is 17.0. The van der Waals surface area contributed by atoms with Crippen molar-refractivity contribution in [2.24, 2.45) is 0 Å². The van der Waals surface area contributed by atoms with Crippen molar-refractivity contribution in [3.8, 4) is 5.75 Å². The Morgan fingerprint density at radius 1 is 1.21 bits per heavy atom. The number of fused-ring (bicyclic) bond motifs is 1. The summed E-state index contributed by atoms with van der Waals surface area (Å²) < 4.78 is 31.1. The van der Waals surface area contributed by atoms with E-state index in [1.807, 2.05) is 20.3 Å². The molecule has 0 aliphatic carbocycles. The molecule has 0 saturated heterocycles. The molecule has 0 unspecified atom stereocenters. The maximum absolute atomic E-state index is 12.8. The molecule has 1 aromatic carbocycles. The second-order valence-electron chi connectivity index (χ2n) is 5.85. The monoisotopic (exact) mass is 364 g/mol. The molecule has 3 aromatic rings. The third kappa shape index (κ3) is 3.19. The normalized spacial score (nSPS) is 12.2. The van der Waals surface area contributed by atoms with Crippen LogP contribution in [-0.2, 0) is 16.3 Å². The Hall–Kier alpha value is -1.83. The molecule has 0 amide bonds. The molecule has 3 rings (SSSR count). The van der Waals surface area contributed by atoms with E-state index in [1.54, 1.807) is 37.4 Å². The first-order valence-electron chi connectivity index (χ1n) is 7.55. The number of thiophene rings is 1. The van der Waals surface area contributed by atoms with E-state index in [1.165, 1.54) is 11.3 Å². The summed E-state index contributed by atoms with van der Waals surface area (Å²) in [6.07, 6.45) is 2.85. The van der Waals surface area contributed by atoms with Crippen molar-refractivity contribution in [1.29, 1.82) is 0 Å². The van der Waals surface area contributed by atoms with Crippen LogP contribution in [0.5, 0.6) is 5.75 Å². The lowest BCUT2D eigenvalue weighted by molar-refractivity contribution is 0.414. The predicted molar refractivity (Wildman–Crippen MR) is 96.9 cm³/mol. The van der Waals surface area contributed by atoms with Gasteiger partial charge in [0.2, 0.25) is 9.84 Å². The van der Waals surface area contributed by atoms with Crippen LogP contribution >= 0.6 is 11.3 Å². The molecule has 0 spiro atoms. The van der Waals surface area contributed by atoms with Crippen molar-refractivity contribution in [2.45, 2.75) is 15.5 Å². The quantitative estimate of drug-likeness (QED) is 0.730. The second-order valence-corrected chi connectivity index (χ2v) is 9.08. The third-order valence-corrected chi connectivity index (χ3v) is 7.21. The topological polar surface area (TPSA) is 62.4 Å². The van der Waals surface area contributed by atoms with Gasteiger partial charge >= 0.3 is 0 Å². The van der Waals surface area contributed by atoms with E-state index in [0.717, 1.165) is 28.7 Å². The van der Waals surface area contributed by atoms with Gasteiger partial charge in [-0.1, -0.05) is 0 Å². The molecule has 0 aliphatic heterocycles. The van der Waals surface area contributed by atoms with Crippen LogP contribution in [0.3, 0.4) is 0 Å². The third-order valence-electron chi connectivity index (χ3n) is 3.90. The number of H-pyrrole nitrogens is 1. The van der Waals surface area contributed by atoms with Crippen LogP contribution in [0.25, 0.3) is 10.2 Å². The van der Waals surface area contributed by atoms with Gasteiger partial charge in [0.1, 0.15) is 14.8 Å². The molecule has 128 valence electrons. The molecule has 1 N–H and O–H groups in total. The van der Waals surface area contributed by atoms with Gasteiger partial charge < -0.3 is 14.6 Å². The lowest BCUT2D eigenvalue weighted by Gasteiger charge is -2.07. The summed E-state index contributed by atoms with van der Waals surface area (Å²) >= 11 is 1.28. The van der Waals surface area contributed by atoms with Gasteiger partial charge in [-0.05, 0) is 56.4 Å². The minimum absolute atomic E-state index is 0.280. The van der Waals surface area contributed by atoms with Crippen LogP contribution in [0.4, 0.5) is 0 Å². The lowest BCUT2D eigenvalue weighted by Crippen LogP contribution is -2.14. The smallest absolute Gasteiger partial charge is 0.216 e. The number of ether oxygens (including phenoxy) is 1. The molecule has 7 heteroatoms. The highest BCUT2D eigenvalue weighted by molar-refractivity contribution is 7.93. The molecule has 2 heterocycles. The zero-order chi connectivity index (χ0) is 17.3. The molecule has 2 aromatic heterocycles. The zero-order valence-corrected chi connectivity index (χ0v) is 15.5. The van der Waals surface area contributed by atoms with Gasteiger partial charge in [-0.25, -0.2) is 8.42 Å². The SMILES string of the molecule is COc1ccc(S(=O)(=O)c2cc3c(CCN(C)C)c[nH]c3s2)cc1. The van der Waals surface area contributed by atoms with E-state index < -0.39 is 9.84 Å². The highest BCUT2D eigenvalue weighted by Gasteiger charge is 2.22. The summed E-state index contributed by atoms with van der Waals surface area (Å²) in [4.78, 5) is 6.48. The fourth-order valence-corrected chi connectivity index (χ4v) is 5.27. The van der Waals surface area contributed by atoms with Crippen molar-refractivity contribution < 1.29 is 13.2 Å². The van der Waals surface area contributed by atoms with Crippen LogP contribution in [0.15, 0.2) is 45.6 Å². The Bertz CT molecular complexity index is 938. The lowest BCUT2D eigenvalue weighted by atomic mass is 10.2. The zero-order valence-electron chi connectivity index (χ0n) is 13.9.